The van der Waals surface area contributed by atoms with Crippen LogP contribution in [0.15, 0.2) is 30.5 Å². The fourth-order valence-corrected chi connectivity index (χ4v) is 1.14. The Morgan fingerprint density at radius 2 is 2.13 bits per heavy atom. The van der Waals surface area contributed by atoms with E-state index >= 15 is 0 Å². The van der Waals surface area contributed by atoms with Crippen molar-refractivity contribution in [3.05, 3.63) is 47.5 Å². The molecule has 15 heavy (non-hydrogen) atoms. The summed E-state index contributed by atoms with van der Waals surface area (Å²) in [6, 6.07) is 5.54. The minimum absolute atomic E-state index is 0.0991. The predicted molar refractivity (Wildman–Crippen MR) is 47.0 cm³/mol. The molecule has 0 unspecified atom stereocenters. The van der Waals surface area contributed by atoms with E-state index in [4.69, 9.17) is 5.21 Å². The first kappa shape index (κ1) is 9.32. The molecule has 0 aliphatic carbocycles. The molecule has 0 fully saturated rings. The molecule has 6 heteroatoms. The smallest absolute Gasteiger partial charge is 0.217 e. The van der Waals surface area contributed by atoms with Crippen molar-refractivity contribution >= 4 is 5.78 Å². The van der Waals surface area contributed by atoms with Crippen LogP contribution in [0.4, 0.5) is 4.39 Å². The number of benzene rings is 1. The molecule has 0 radical (unpaired) electrons. The van der Waals surface area contributed by atoms with Gasteiger partial charge in [-0.3, -0.25) is 4.79 Å². The lowest BCUT2D eigenvalue weighted by molar-refractivity contribution is 0.102. The average molecular weight is 207 g/mol. The molecule has 0 amide bonds. The third kappa shape index (κ3) is 1.69. The Balaban J connectivity index is 2.41. The van der Waals surface area contributed by atoms with E-state index in [1.807, 2.05) is 0 Å². The van der Waals surface area contributed by atoms with Crippen molar-refractivity contribution in [2.45, 2.75) is 0 Å². The zero-order valence-electron chi connectivity index (χ0n) is 7.46. The summed E-state index contributed by atoms with van der Waals surface area (Å²) in [4.78, 5) is 12.0. The van der Waals surface area contributed by atoms with Crippen LogP contribution in [0, 0.1) is 5.82 Å². The van der Waals surface area contributed by atoms with Crippen molar-refractivity contribution in [2.24, 2.45) is 0 Å². The van der Waals surface area contributed by atoms with Crippen molar-refractivity contribution in [2.75, 3.05) is 0 Å². The van der Waals surface area contributed by atoms with Gasteiger partial charge in [0.1, 0.15) is 5.82 Å². The molecule has 0 atom stereocenters. The summed E-state index contributed by atoms with van der Waals surface area (Å²) < 4.78 is 13.2. The van der Waals surface area contributed by atoms with Crippen LogP contribution in [0.2, 0.25) is 0 Å². The number of halogens is 1. The van der Waals surface area contributed by atoms with E-state index in [1.54, 1.807) is 6.07 Å². The molecular formula is C9H6FN3O2. The summed E-state index contributed by atoms with van der Waals surface area (Å²) in [7, 11) is 0. The predicted octanol–water partition coefficient (Wildman–Crippen LogP) is 0.885. The number of aromatic nitrogens is 3. The highest BCUT2D eigenvalue weighted by Crippen LogP contribution is 2.10. The maximum Gasteiger partial charge on any atom is 0.217 e. The molecule has 0 spiro atoms. The normalized spacial score (nSPS) is 10.2. The molecule has 76 valence electrons. The van der Waals surface area contributed by atoms with Gasteiger partial charge in [0.05, 0.1) is 11.8 Å². The van der Waals surface area contributed by atoms with Gasteiger partial charge in [0.15, 0.2) is 5.69 Å². The first-order chi connectivity index (χ1) is 7.18. The molecule has 1 aromatic carbocycles. The molecule has 0 aliphatic heterocycles. The Hall–Kier alpha value is -2.24. The fraction of sp³-hybridized carbons (Fsp3) is 0. The van der Waals surface area contributed by atoms with Crippen molar-refractivity contribution < 1.29 is 14.4 Å². The number of hydrogen-bond acceptors (Lipinski definition) is 4. The van der Waals surface area contributed by atoms with Gasteiger partial charge < -0.3 is 5.21 Å². The van der Waals surface area contributed by atoms with Crippen LogP contribution in [-0.4, -0.2) is 26.1 Å². The van der Waals surface area contributed by atoms with Crippen LogP contribution in [0.3, 0.4) is 0 Å². The molecule has 0 bridgehead atoms. The maximum atomic E-state index is 13.2. The third-order valence-corrected chi connectivity index (χ3v) is 1.83. The Morgan fingerprint density at radius 1 is 1.40 bits per heavy atom. The van der Waals surface area contributed by atoms with Gasteiger partial charge in [-0.25, -0.2) is 4.39 Å². The number of rotatable bonds is 2. The van der Waals surface area contributed by atoms with Gasteiger partial charge in [-0.15, -0.1) is 5.10 Å². The second-order valence-electron chi connectivity index (χ2n) is 2.83. The van der Waals surface area contributed by atoms with Crippen LogP contribution in [0.25, 0.3) is 0 Å². The van der Waals surface area contributed by atoms with Gasteiger partial charge in [-0.2, -0.15) is 0 Å². The standard InChI is InChI=1S/C9H6FN3O2/c10-7-4-2-1-3-6(7)9(14)8-5-13(15)12-11-8/h1-5,15H. The molecule has 5 nitrogen and oxygen atoms in total. The van der Waals surface area contributed by atoms with Crippen LogP contribution < -0.4 is 0 Å². The van der Waals surface area contributed by atoms with Crippen LogP contribution in [0.5, 0.6) is 0 Å². The van der Waals surface area contributed by atoms with Crippen LogP contribution in [-0.2, 0) is 0 Å². The summed E-state index contributed by atoms with van der Waals surface area (Å²) in [6.45, 7) is 0. The minimum atomic E-state index is -0.630. The van der Waals surface area contributed by atoms with E-state index in [0.717, 1.165) is 6.20 Å². The molecular weight excluding hydrogens is 201 g/mol. The molecule has 2 rings (SSSR count). The van der Waals surface area contributed by atoms with E-state index in [-0.39, 0.29) is 11.3 Å². The highest BCUT2D eigenvalue weighted by molar-refractivity contribution is 6.07. The Bertz CT molecular complexity index is 510. The molecule has 2 aromatic rings. The average Bonchev–Trinajstić information content (AvgIpc) is 2.65. The fourth-order valence-electron chi connectivity index (χ4n) is 1.14. The second-order valence-corrected chi connectivity index (χ2v) is 2.83. The van der Waals surface area contributed by atoms with Crippen molar-refractivity contribution in [1.29, 1.82) is 0 Å². The van der Waals surface area contributed by atoms with E-state index < -0.39 is 11.6 Å². The number of carbonyl (C=O) groups is 1. The summed E-state index contributed by atoms with van der Waals surface area (Å²) >= 11 is 0. The number of carbonyl (C=O) groups excluding carboxylic acids is 1. The lowest BCUT2D eigenvalue weighted by Crippen LogP contribution is -2.04. The second kappa shape index (κ2) is 3.49. The Morgan fingerprint density at radius 3 is 2.73 bits per heavy atom. The Kier molecular flexibility index (Phi) is 2.17. The number of ketones is 1. The highest BCUT2D eigenvalue weighted by Gasteiger charge is 2.16. The lowest BCUT2D eigenvalue weighted by Gasteiger charge is -1.97. The molecule has 1 N–H and O–H groups in total. The van der Waals surface area contributed by atoms with E-state index in [2.05, 4.69) is 10.3 Å². The lowest BCUT2D eigenvalue weighted by atomic mass is 10.1. The summed E-state index contributed by atoms with van der Waals surface area (Å²) in [5.41, 5.74) is -0.208. The van der Waals surface area contributed by atoms with Gasteiger partial charge in [-0.05, 0) is 17.3 Å². The molecule has 0 saturated heterocycles. The minimum Gasteiger partial charge on any atom is -0.410 e. The number of nitrogens with zero attached hydrogens (tertiary/aromatic N) is 3. The topological polar surface area (TPSA) is 68.0 Å². The van der Waals surface area contributed by atoms with Gasteiger partial charge in [-0.1, -0.05) is 17.0 Å². The maximum absolute atomic E-state index is 13.2. The van der Waals surface area contributed by atoms with Crippen LogP contribution in [0.1, 0.15) is 16.1 Å². The highest BCUT2D eigenvalue weighted by atomic mass is 19.1. The summed E-state index contributed by atoms with van der Waals surface area (Å²) in [5, 5.41) is 15.4. The van der Waals surface area contributed by atoms with Crippen molar-refractivity contribution in [3.63, 3.8) is 0 Å². The van der Waals surface area contributed by atoms with E-state index in [1.165, 1.54) is 18.2 Å². The number of hydrogen-bond donors (Lipinski definition) is 1. The first-order valence-corrected chi connectivity index (χ1v) is 4.09. The molecule has 1 heterocycles. The SMILES string of the molecule is O=C(c1cn(O)nn1)c1ccccc1F. The summed E-state index contributed by atoms with van der Waals surface area (Å²) in [5.74, 6) is -1.25. The van der Waals surface area contributed by atoms with Gasteiger partial charge in [0.2, 0.25) is 5.78 Å². The third-order valence-electron chi connectivity index (χ3n) is 1.83. The molecule has 0 saturated carbocycles. The zero-order chi connectivity index (χ0) is 10.8. The van der Waals surface area contributed by atoms with Crippen molar-refractivity contribution in [1.82, 2.24) is 15.2 Å². The van der Waals surface area contributed by atoms with E-state index in [0.29, 0.717) is 4.85 Å². The van der Waals surface area contributed by atoms with Gasteiger partial charge in [0, 0.05) is 0 Å². The quantitative estimate of drug-likeness (QED) is 0.586. The zero-order valence-corrected chi connectivity index (χ0v) is 7.46. The van der Waals surface area contributed by atoms with E-state index in [9.17, 15) is 9.18 Å². The van der Waals surface area contributed by atoms with Gasteiger partial charge >= 0.3 is 0 Å². The monoisotopic (exact) mass is 207 g/mol. The molecule has 0 aliphatic rings. The molecule has 1 aromatic heterocycles. The first-order valence-electron chi connectivity index (χ1n) is 4.09. The summed E-state index contributed by atoms with van der Waals surface area (Å²) in [6.07, 6.45) is 1.01. The largest absolute Gasteiger partial charge is 0.410 e. The van der Waals surface area contributed by atoms with Gasteiger partial charge in [0.25, 0.3) is 0 Å². The Labute approximate surface area is 83.7 Å². The van der Waals surface area contributed by atoms with Crippen molar-refractivity contribution in [3.8, 4) is 0 Å². The van der Waals surface area contributed by atoms with Crippen LogP contribution >= 0.6 is 0 Å².